The first-order chi connectivity index (χ1) is 11.6. The van der Waals surface area contributed by atoms with Crippen LogP contribution in [0.25, 0.3) is 0 Å². The minimum atomic E-state index is -0.349. The highest BCUT2D eigenvalue weighted by molar-refractivity contribution is 5.90. The first kappa shape index (κ1) is 22.8. The molecule has 0 heterocycles. The molecule has 9 heteroatoms. The molecule has 2 N–H and O–H groups in total. The summed E-state index contributed by atoms with van der Waals surface area (Å²) in [5.74, 6) is -0.820. The highest BCUT2D eigenvalue weighted by Gasteiger charge is 2.20. The molecule has 9 nitrogen and oxygen atoms in total. The van der Waals surface area contributed by atoms with Gasteiger partial charge in [-0.1, -0.05) is 13.8 Å². The van der Waals surface area contributed by atoms with Crippen LogP contribution in [0.15, 0.2) is 0 Å². The van der Waals surface area contributed by atoms with E-state index in [9.17, 15) is 19.2 Å². The Morgan fingerprint density at radius 3 is 1.68 bits per heavy atom. The van der Waals surface area contributed by atoms with Crippen molar-refractivity contribution in [2.24, 2.45) is 5.92 Å². The molecule has 0 aromatic heterocycles. The molecule has 0 aliphatic rings. The van der Waals surface area contributed by atoms with E-state index in [-0.39, 0.29) is 49.8 Å². The molecule has 25 heavy (non-hydrogen) atoms. The summed E-state index contributed by atoms with van der Waals surface area (Å²) in [5.41, 5.74) is 0. The van der Waals surface area contributed by atoms with Crippen molar-refractivity contribution in [2.75, 3.05) is 60.9 Å². The molecule has 0 aliphatic heterocycles. The molecule has 0 aliphatic carbocycles. The van der Waals surface area contributed by atoms with Crippen molar-refractivity contribution >= 4 is 23.6 Å². The second-order valence-corrected chi connectivity index (χ2v) is 6.48. The van der Waals surface area contributed by atoms with Gasteiger partial charge in [0.1, 0.15) is 0 Å². The van der Waals surface area contributed by atoms with Crippen LogP contribution in [0.4, 0.5) is 0 Å². The van der Waals surface area contributed by atoms with Crippen molar-refractivity contribution in [1.29, 1.82) is 0 Å². The van der Waals surface area contributed by atoms with E-state index >= 15 is 0 Å². The molecule has 0 spiro atoms. The van der Waals surface area contributed by atoms with Gasteiger partial charge >= 0.3 is 0 Å². The van der Waals surface area contributed by atoms with Gasteiger partial charge < -0.3 is 25.3 Å². The first-order valence-corrected chi connectivity index (χ1v) is 8.21. The lowest BCUT2D eigenvalue weighted by Crippen LogP contribution is -2.47. The summed E-state index contributed by atoms with van der Waals surface area (Å²) in [6, 6.07) is 0. The zero-order chi connectivity index (χ0) is 19.6. The fraction of sp³-hybridized carbons (Fsp3) is 0.750. The van der Waals surface area contributed by atoms with Crippen molar-refractivity contribution in [1.82, 2.24) is 25.3 Å². The summed E-state index contributed by atoms with van der Waals surface area (Å²) in [7, 11) is 6.17. The van der Waals surface area contributed by atoms with Gasteiger partial charge in [-0.15, -0.1) is 0 Å². The van der Waals surface area contributed by atoms with Gasteiger partial charge in [0, 0.05) is 27.7 Å². The van der Waals surface area contributed by atoms with Gasteiger partial charge in [0.15, 0.2) is 0 Å². The van der Waals surface area contributed by atoms with E-state index in [1.54, 1.807) is 7.05 Å². The van der Waals surface area contributed by atoms with Crippen LogP contribution < -0.4 is 10.6 Å². The molecular formula is C16H31N5O4. The molecule has 0 saturated heterocycles. The van der Waals surface area contributed by atoms with Crippen molar-refractivity contribution in [3.8, 4) is 0 Å². The number of carbonyl (C=O) groups is 4. The minimum absolute atomic E-state index is 0.0614. The minimum Gasteiger partial charge on any atom is -0.354 e. The molecule has 0 unspecified atom stereocenters. The number of rotatable bonds is 10. The summed E-state index contributed by atoms with van der Waals surface area (Å²) in [6.45, 7) is 4.33. The number of hydrogen-bond donors (Lipinski definition) is 2. The predicted molar refractivity (Wildman–Crippen MR) is 94.7 cm³/mol. The topological polar surface area (TPSA) is 102 Å². The molecule has 0 radical (unpaired) electrons. The van der Waals surface area contributed by atoms with Crippen LogP contribution in [0.2, 0.25) is 0 Å². The molecule has 144 valence electrons. The number of likely N-dealkylation sites (N-methyl/N-ethyl adjacent to an activating group) is 4. The lowest BCUT2D eigenvalue weighted by molar-refractivity contribution is -0.142. The Bertz CT molecular complexity index is 481. The zero-order valence-corrected chi connectivity index (χ0v) is 16.1. The summed E-state index contributed by atoms with van der Waals surface area (Å²) >= 11 is 0. The largest absolute Gasteiger partial charge is 0.354 e. The molecule has 0 bridgehead atoms. The standard InChI is InChI=1S/C16H31N5O4/c1-12(2)7-18-13(22)9-19(4)15(24)11-21(6)16(25)10-20(5)14(23)8-17-3/h12,17H,7-11H2,1-6H3,(H,18,22). The Hall–Kier alpha value is -2.16. The van der Waals surface area contributed by atoms with Crippen LogP contribution in [0.5, 0.6) is 0 Å². The molecule has 4 amide bonds. The number of nitrogens with one attached hydrogen (secondary N) is 2. The number of carbonyl (C=O) groups excluding carboxylic acids is 4. The van der Waals surface area contributed by atoms with Crippen LogP contribution in [-0.2, 0) is 19.2 Å². The zero-order valence-electron chi connectivity index (χ0n) is 16.1. The maximum atomic E-state index is 12.1. The third-order valence-electron chi connectivity index (χ3n) is 3.44. The Balaban J connectivity index is 4.36. The predicted octanol–water partition coefficient (Wildman–Crippen LogP) is -1.65. The maximum absolute atomic E-state index is 12.1. The molecule has 0 saturated carbocycles. The van der Waals surface area contributed by atoms with E-state index in [4.69, 9.17) is 0 Å². The highest BCUT2D eigenvalue weighted by Crippen LogP contribution is 1.94. The van der Waals surface area contributed by atoms with Gasteiger partial charge in [-0.05, 0) is 13.0 Å². The van der Waals surface area contributed by atoms with E-state index in [1.807, 2.05) is 13.8 Å². The van der Waals surface area contributed by atoms with E-state index in [2.05, 4.69) is 10.6 Å². The molecule has 0 aromatic rings. The van der Waals surface area contributed by atoms with Gasteiger partial charge in [-0.3, -0.25) is 19.2 Å². The fourth-order valence-electron chi connectivity index (χ4n) is 1.79. The average molecular weight is 357 g/mol. The van der Waals surface area contributed by atoms with Crippen LogP contribution in [0.3, 0.4) is 0 Å². The average Bonchev–Trinajstić information content (AvgIpc) is 2.52. The number of amides is 4. The van der Waals surface area contributed by atoms with E-state index in [1.165, 1.54) is 35.8 Å². The van der Waals surface area contributed by atoms with Gasteiger partial charge in [0.05, 0.1) is 26.2 Å². The fourth-order valence-corrected chi connectivity index (χ4v) is 1.79. The van der Waals surface area contributed by atoms with E-state index in [0.717, 1.165) is 0 Å². The third kappa shape index (κ3) is 9.65. The summed E-state index contributed by atoms with van der Waals surface area (Å²) in [6.07, 6.45) is 0. The maximum Gasteiger partial charge on any atom is 0.242 e. The smallest absolute Gasteiger partial charge is 0.242 e. The Morgan fingerprint density at radius 2 is 1.24 bits per heavy atom. The van der Waals surface area contributed by atoms with Gasteiger partial charge in [-0.25, -0.2) is 0 Å². The summed E-state index contributed by atoms with van der Waals surface area (Å²) in [5, 5.41) is 5.45. The number of nitrogens with zero attached hydrogens (tertiary/aromatic N) is 3. The van der Waals surface area contributed by atoms with Crippen LogP contribution in [0.1, 0.15) is 13.8 Å². The molecule has 0 fully saturated rings. The second-order valence-electron chi connectivity index (χ2n) is 6.48. The Labute approximate surface area is 149 Å². The van der Waals surface area contributed by atoms with Crippen LogP contribution in [-0.4, -0.2) is 99.2 Å². The molecular weight excluding hydrogens is 326 g/mol. The lowest BCUT2D eigenvalue weighted by Gasteiger charge is -2.24. The normalized spacial score (nSPS) is 10.4. The third-order valence-corrected chi connectivity index (χ3v) is 3.44. The quantitative estimate of drug-likeness (QED) is 0.488. The lowest BCUT2D eigenvalue weighted by atomic mass is 10.2. The van der Waals surface area contributed by atoms with Crippen molar-refractivity contribution in [3.05, 3.63) is 0 Å². The Kier molecular flexibility index (Phi) is 10.4. The van der Waals surface area contributed by atoms with Crippen molar-refractivity contribution in [2.45, 2.75) is 13.8 Å². The van der Waals surface area contributed by atoms with Gasteiger partial charge in [-0.2, -0.15) is 0 Å². The van der Waals surface area contributed by atoms with Gasteiger partial charge in [0.2, 0.25) is 23.6 Å². The van der Waals surface area contributed by atoms with E-state index < -0.39 is 0 Å². The van der Waals surface area contributed by atoms with Crippen molar-refractivity contribution < 1.29 is 19.2 Å². The van der Waals surface area contributed by atoms with Crippen molar-refractivity contribution in [3.63, 3.8) is 0 Å². The summed E-state index contributed by atoms with van der Waals surface area (Å²) in [4.78, 5) is 51.4. The van der Waals surface area contributed by atoms with Crippen LogP contribution in [0, 0.1) is 5.92 Å². The molecule has 0 aromatic carbocycles. The summed E-state index contributed by atoms with van der Waals surface area (Å²) < 4.78 is 0. The van der Waals surface area contributed by atoms with Gasteiger partial charge in [0.25, 0.3) is 0 Å². The molecule has 0 rings (SSSR count). The second kappa shape index (κ2) is 11.4. The van der Waals surface area contributed by atoms with Crippen LogP contribution >= 0.6 is 0 Å². The highest BCUT2D eigenvalue weighted by atomic mass is 16.2. The Morgan fingerprint density at radius 1 is 0.800 bits per heavy atom. The monoisotopic (exact) mass is 357 g/mol. The SMILES string of the molecule is CNCC(=O)N(C)CC(=O)N(C)CC(=O)N(C)CC(=O)NCC(C)C. The first-order valence-electron chi connectivity index (χ1n) is 8.21. The van der Waals surface area contributed by atoms with E-state index in [0.29, 0.717) is 12.5 Å². The number of hydrogen-bond acceptors (Lipinski definition) is 5. The molecule has 0 atom stereocenters.